The molecule has 0 amide bonds. The number of likely N-dealkylation sites (N-methyl/N-ethyl adjacent to an activating group) is 1. The van der Waals surface area contributed by atoms with E-state index in [2.05, 4.69) is 41.9 Å². The monoisotopic (exact) mass is 276 g/mol. The molecule has 0 aromatic heterocycles. The summed E-state index contributed by atoms with van der Waals surface area (Å²) < 4.78 is 0. The lowest BCUT2D eigenvalue weighted by atomic mass is 10.1. The topological polar surface area (TPSA) is 65.1 Å². The van der Waals surface area contributed by atoms with Crippen LogP contribution >= 0.6 is 0 Å². The number of rotatable bonds is 2. The highest BCUT2D eigenvalue weighted by Gasteiger charge is 2.23. The first kappa shape index (κ1) is 14.7. The molecule has 1 heterocycles. The number of oxime groups is 1. The van der Waals surface area contributed by atoms with Crippen LogP contribution in [0.15, 0.2) is 23.4 Å². The van der Waals surface area contributed by atoms with Gasteiger partial charge in [-0.3, -0.25) is 0 Å². The molecule has 3 N–H and O–H groups in total. The van der Waals surface area contributed by atoms with E-state index in [1.807, 2.05) is 12.1 Å². The standard InChI is InChI=1S/C15H24N4O/c1-11-5-6-13(15(16)17-20)14(9-11)19-8-4-7-18(3)10-12(19)2/h5-6,9,12,20H,4,7-8,10H2,1-3H3,(H2,16,17). The summed E-state index contributed by atoms with van der Waals surface area (Å²) in [7, 11) is 2.15. The van der Waals surface area contributed by atoms with Crippen molar-refractivity contribution >= 4 is 11.5 Å². The number of nitrogens with zero attached hydrogens (tertiary/aromatic N) is 3. The van der Waals surface area contributed by atoms with Crippen LogP contribution in [0.5, 0.6) is 0 Å². The average Bonchev–Trinajstić information content (AvgIpc) is 2.58. The third-order valence-electron chi connectivity index (χ3n) is 3.89. The second kappa shape index (κ2) is 6.13. The van der Waals surface area contributed by atoms with E-state index < -0.39 is 0 Å². The number of amidine groups is 1. The number of hydrogen-bond donors (Lipinski definition) is 2. The van der Waals surface area contributed by atoms with Crippen molar-refractivity contribution in [3.8, 4) is 0 Å². The van der Waals surface area contributed by atoms with Crippen LogP contribution in [0.25, 0.3) is 0 Å². The van der Waals surface area contributed by atoms with Gasteiger partial charge in [0.05, 0.1) is 0 Å². The first-order chi connectivity index (χ1) is 9.52. The Balaban J connectivity index is 2.42. The molecule has 0 saturated carbocycles. The molecule has 1 atom stereocenters. The maximum absolute atomic E-state index is 8.98. The van der Waals surface area contributed by atoms with Gasteiger partial charge in [0.15, 0.2) is 5.84 Å². The van der Waals surface area contributed by atoms with Gasteiger partial charge in [-0.15, -0.1) is 0 Å². The first-order valence-electron chi connectivity index (χ1n) is 7.06. The Labute approximate surface area is 120 Å². The summed E-state index contributed by atoms with van der Waals surface area (Å²) in [4.78, 5) is 4.72. The number of aryl methyl sites for hydroxylation is 1. The Morgan fingerprint density at radius 1 is 1.40 bits per heavy atom. The molecule has 2 rings (SSSR count). The van der Waals surface area contributed by atoms with Gasteiger partial charge in [-0.25, -0.2) is 0 Å². The molecule has 5 nitrogen and oxygen atoms in total. The largest absolute Gasteiger partial charge is 0.409 e. The fraction of sp³-hybridized carbons (Fsp3) is 0.533. The van der Waals surface area contributed by atoms with Crippen LogP contribution in [0, 0.1) is 6.92 Å². The molecule has 1 aliphatic rings. The summed E-state index contributed by atoms with van der Waals surface area (Å²) in [5, 5.41) is 12.1. The predicted octanol–water partition coefficient (Wildman–Crippen LogP) is 1.62. The van der Waals surface area contributed by atoms with Crippen molar-refractivity contribution in [2.75, 3.05) is 31.6 Å². The lowest BCUT2D eigenvalue weighted by Crippen LogP contribution is -2.39. The zero-order valence-electron chi connectivity index (χ0n) is 12.5. The van der Waals surface area contributed by atoms with Crippen molar-refractivity contribution in [2.24, 2.45) is 10.9 Å². The Morgan fingerprint density at radius 3 is 2.85 bits per heavy atom. The van der Waals surface area contributed by atoms with E-state index >= 15 is 0 Å². The third-order valence-corrected chi connectivity index (χ3v) is 3.89. The molecular weight excluding hydrogens is 252 g/mol. The highest BCUT2D eigenvalue weighted by atomic mass is 16.4. The van der Waals surface area contributed by atoms with Gasteiger partial charge < -0.3 is 20.7 Å². The molecule has 1 aliphatic heterocycles. The van der Waals surface area contributed by atoms with E-state index in [-0.39, 0.29) is 5.84 Å². The number of benzene rings is 1. The normalized spacial score (nSPS) is 21.9. The summed E-state index contributed by atoms with van der Waals surface area (Å²) >= 11 is 0. The summed E-state index contributed by atoms with van der Waals surface area (Å²) in [6, 6.07) is 6.44. The van der Waals surface area contributed by atoms with Crippen LogP contribution < -0.4 is 10.6 Å². The van der Waals surface area contributed by atoms with E-state index in [1.165, 1.54) is 5.56 Å². The smallest absolute Gasteiger partial charge is 0.172 e. The van der Waals surface area contributed by atoms with Gasteiger partial charge in [0.1, 0.15) is 0 Å². The molecule has 0 spiro atoms. The fourth-order valence-corrected chi connectivity index (χ4v) is 2.88. The van der Waals surface area contributed by atoms with Crippen LogP contribution in [0.1, 0.15) is 24.5 Å². The Bertz CT molecular complexity index is 501. The highest BCUT2D eigenvalue weighted by molar-refractivity contribution is 6.02. The molecule has 0 aliphatic carbocycles. The second-order valence-corrected chi connectivity index (χ2v) is 5.66. The number of nitrogens with two attached hydrogens (primary N) is 1. The van der Waals surface area contributed by atoms with Gasteiger partial charge in [0.2, 0.25) is 0 Å². The van der Waals surface area contributed by atoms with Gasteiger partial charge in [0, 0.05) is 30.4 Å². The van der Waals surface area contributed by atoms with Crippen molar-refractivity contribution < 1.29 is 5.21 Å². The minimum Gasteiger partial charge on any atom is -0.409 e. The SMILES string of the molecule is Cc1ccc(/C(N)=N/O)c(N2CCCN(C)CC2C)c1. The number of anilines is 1. The number of hydrogen-bond acceptors (Lipinski definition) is 4. The van der Waals surface area contributed by atoms with E-state index in [9.17, 15) is 0 Å². The van der Waals surface area contributed by atoms with Gasteiger partial charge in [-0.05, 0) is 51.6 Å². The molecular formula is C15H24N4O. The van der Waals surface area contributed by atoms with Gasteiger partial charge in [-0.1, -0.05) is 11.2 Å². The molecule has 1 saturated heterocycles. The summed E-state index contributed by atoms with van der Waals surface area (Å²) in [5.41, 5.74) is 8.87. The zero-order valence-corrected chi connectivity index (χ0v) is 12.5. The molecule has 0 radical (unpaired) electrons. The molecule has 5 heteroatoms. The van der Waals surface area contributed by atoms with Crippen LogP contribution in [0.3, 0.4) is 0 Å². The van der Waals surface area contributed by atoms with Crippen LogP contribution in [0.2, 0.25) is 0 Å². The van der Waals surface area contributed by atoms with Gasteiger partial charge >= 0.3 is 0 Å². The predicted molar refractivity (Wildman–Crippen MR) is 82.6 cm³/mol. The summed E-state index contributed by atoms with van der Waals surface area (Å²) in [6.45, 7) is 7.39. The molecule has 0 bridgehead atoms. The highest BCUT2D eigenvalue weighted by Crippen LogP contribution is 2.26. The molecule has 20 heavy (non-hydrogen) atoms. The molecule has 110 valence electrons. The molecule has 1 unspecified atom stereocenters. The second-order valence-electron chi connectivity index (χ2n) is 5.66. The van der Waals surface area contributed by atoms with Crippen molar-refractivity contribution in [1.82, 2.24) is 4.90 Å². The quantitative estimate of drug-likeness (QED) is 0.373. The summed E-state index contributed by atoms with van der Waals surface area (Å²) in [6.07, 6.45) is 1.12. The van der Waals surface area contributed by atoms with Crippen LogP contribution in [-0.2, 0) is 0 Å². The Hall–Kier alpha value is -1.75. The van der Waals surface area contributed by atoms with Crippen LogP contribution in [-0.4, -0.2) is 48.7 Å². The minimum atomic E-state index is 0.171. The van der Waals surface area contributed by atoms with E-state index in [1.54, 1.807) is 0 Å². The van der Waals surface area contributed by atoms with E-state index in [4.69, 9.17) is 10.9 Å². The maximum Gasteiger partial charge on any atom is 0.172 e. The molecule has 1 fully saturated rings. The lowest BCUT2D eigenvalue weighted by molar-refractivity contribution is 0.318. The minimum absolute atomic E-state index is 0.171. The summed E-state index contributed by atoms with van der Waals surface area (Å²) in [5.74, 6) is 0.171. The van der Waals surface area contributed by atoms with Crippen molar-refractivity contribution in [2.45, 2.75) is 26.3 Å². The van der Waals surface area contributed by atoms with Crippen molar-refractivity contribution in [1.29, 1.82) is 0 Å². The zero-order chi connectivity index (χ0) is 14.7. The van der Waals surface area contributed by atoms with E-state index in [0.29, 0.717) is 6.04 Å². The van der Waals surface area contributed by atoms with Gasteiger partial charge in [0.25, 0.3) is 0 Å². The van der Waals surface area contributed by atoms with Gasteiger partial charge in [-0.2, -0.15) is 0 Å². The fourth-order valence-electron chi connectivity index (χ4n) is 2.88. The molecule has 1 aromatic rings. The Morgan fingerprint density at radius 2 is 2.15 bits per heavy atom. The first-order valence-corrected chi connectivity index (χ1v) is 7.06. The third kappa shape index (κ3) is 3.04. The average molecular weight is 276 g/mol. The molecule has 1 aromatic carbocycles. The van der Waals surface area contributed by atoms with Crippen LogP contribution in [0.4, 0.5) is 5.69 Å². The van der Waals surface area contributed by atoms with Crippen molar-refractivity contribution in [3.63, 3.8) is 0 Å². The van der Waals surface area contributed by atoms with E-state index in [0.717, 1.165) is 37.3 Å². The lowest BCUT2D eigenvalue weighted by Gasteiger charge is -2.32. The van der Waals surface area contributed by atoms with Crippen molar-refractivity contribution in [3.05, 3.63) is 29.3 Å². The Kier molecular flexibility index (Phi) is 4.49. The maximum atomic E-state index is 8.98.